The van der Waals surface area contributed by atoms with E-state index in [4.69, 9.17) is 0 Å². The first-order valence-electron chi connectivity index (χ1n) is 10.7. The van der Waals surface area contributed by atoms with Crippen molar-refractivity contribution in [1.29, 1.82) is 0 Å². The Balaban J connectivity index is 1.46. The molecule has 0 radical (unpaired) electrons. The number of benzene rings is 3. The van der Waals surface area contributed by atoms with Crippen molar-refractivity contribution in [3.05, 3.63) is 135 Å². The second-order valence-electron chi connectivity index (χ2n) is 7.76. The minimum Gasteiger partial charge on any atom is -0.321 e. The van der Waals surface area contributed by atoms with Crippen LogP contribution < -0.4 is 16.4 Å². The van der Waals surface area contributed by atoms with E-state index in [-0.39, 0.29) is 16.8 Å². The van der Waals surface area contributed by atoms with Gasteiger partial charge in [0.1, 0.15) is 0 Å². The van der Waals surface area contributed by atoms with Crippen molar-refractivity contribution in [3.63, 3.8) is 0 Å². The number of hydrogen-bond acceptors (Lipinski definition) is 4. The van der Waals surface area contributed by atoms with Crippen LogP contribution in [0.15, 0.2) is 113 Å². The van der Waals surface area contributed by atoms with Crippen LogP contribution in [0.5, 0.6) is 0 Å². The molecule has 34 heavy (non-hydrogen) atoms. The Bertz CT molecular complexity index is 1600. The second-order valence-corrected chi connectivity index (χ2v) is 7.76. The Kier molecular flexibility index (Phi) is 5.58. The quantitative estimate of drug-likeness (QED) is 0.443. The van der Waals surface area contributed by atoms with Gasteiger partial charge in [-0.15, -0.1) is 0 Å². The van der Waals surface area contributed by atoms with Crippen molar-refractivity contribution in [2.24, 2.45) is 0 Å². The van der Waals surface area contributed by atoms with E-state index >= 15 is 0 Å². The molecule has 0 atom stereocenters. The molecule has 0 saturated heterocycles. The average molecular weight is 448 g/mol. The molecular formula is C27H20N4O3. The molecule has 2 heterocycles. The monoisotopic (exact) mass is 448 g/mol. The summed E-state index contributed by atoms with van der Waals surface area (Å²) >= 11 is 0. The van der Waals surface area contributed by atoms with Crippen LogP contribution in [0.25, 0.3) is 16.5 Å². The number of anilines is 1. The Morgan fingerprint density at radius 3 is 2.18 bits per heavy atom. The average Bonchev–Trinajstić information content (AvgIpc) is 2.87. The minimum atomic E-state index is -0.423. The summed E-state index contributed by atoms with van der Waals surface area (Å²) in [7, 11) is 0. The smallest absolute Gasteiger partial charge is 0.279 e. The van der Waals surface area contributed by atoms with E-state index in [2.05, 4.69) is 10.4 Å². The molecule has 7 nitrogen and oxygen atoms in total. The fraction of sp³-hybridized carbons (Fsp3) is 0.0370. The van der Waals surface area contributed by atoms with Gasteiger partial charge < -0.3 is 9.88 Å². The third-order valence-corrected chi connectivity index (χ3v) is 5.48. The molecule has 0 spiro atoms. The molecule has 0 saturated carbocycles. The Hall–Kier alpha value is -4.78. The van der Waals surface area contributed by atoms with Gasteiger partial charge in [0.25, 0.3) is 17.0 Å². The van der Waals surface area contributed by atoms with Crippen molar-refractivity contribution in [1.82, 2.24) is 14.3 Å². The third kappa shape index (κ3) is 4.14. The Morgan fingerprint density at radius 1 is 0.765 bits per heavy atom. The normalized spacial score (nSPS) is 10.8. The molecule has 1 N–H and O–H groups in total. The van der Waals surface area contributed by atoms with E-state index in [1.54, 1.807) is 65.4 Å². The molecule has 0 fully saturated rings. The maximum Gasteiger partial charge on any atom is 0.279 e. The van der Waals surface area contributed by atoms with Crippen LogP contribution in [0.3, 0.4) is 0 Å². The van der Waals surface area contributed by atoms with Crippen molar-refractivity contribution in [2.45, 2.75) is 6.54 Å². The number of pyridine rings is 1. The van der Waals surface area contributed by atoms with Gasteiger partial charge >= 0.3 is 0 Å². The van der Waals surface area contributed by atoms with Gasteiger partial charge in [-0.25, -0.2) is 0 Å². The number of hydrogen-bond donors (Lipinski definition) is 1. The summed E-state index contributed by atoms with van der Waals surface area (Å²) in [6.07, 6.45) is 1.73. The molecule has 1 amide bonds. The molecule has 5 aromatic rings. The number of nitrogens with one attached hydrogen (secondary N) is 1. The summed E-state index contributed by atoms with van der Waals surface area (Å²) in [4.78, 5) is 38.2. The number of carbonyl (C=O) groups is 1. The zero-order valence-electron chi connectivity index (χ0n) is 18.1. The standard InChI is InChI=1S/C27H20N4O3/c32-24-12-6-7-17-30(24)18-19-13-15-20(16-14-19)28-26(33)25-22-10-4-5-11-23(22)27(34)31(29-25)21-8-2-1-3-9-21/h1-17H,18H2,(H,28,33). The van der Waals surface area contributed by atoms with Gasteiger partial charge in [-0.3, -0.25) is 14.4 Å². The van der Waals surface area contributed by atoms with Crippen LogP contribution >= 0.6 is 0 Å². The number of fused-ring (bicyclic) bond motifs is 1. The first-order valence-corrected chi connectivity index (χ1v) is 10.7. The summed E-state index contributed by atoms with van der Waals surface area (Å²) in [6, 6.07) is 28.2. The lowest BCUT2D eigenvalue weighted by molar-refractivity contribution is 0.102. The number of nitrogens with zero attached hydrogens (tertiary/aromatic N) is 3. The minimum absolute atomic E-state index is 0.0774. The summed E-state index contributed by atoms with van der Waals surface area (Å²) in [6.45, 7) is 0.433. The lowest BCUT2D eigenvalue weighted by Gasteiger charge is -2.12. The van der Waals surface area contributed by atoms with Crippen molar-refractivity contribution < 1.29 is 4.79 Å². The van der Waals surface area contributed by atoms with E-state index in [0.717, 1.165) is 5.56 Å². The highest BCUT2D eigenvalue weighted by Gasteiger charge is 2.17. The van der Waals surface area contributed by atoms with Crippen LogP contribution in [0, 0.1) is 0 Å². The van der Waals surface area contributed by atoms with Crippen LogP contribution in [-0.4, -0.2) is 20.3 Å². The fourth-order valence-corrected chi connectivity index (χ4v) is 3.77. The second kappa shape index (κ2) is 8.99. The Labute approximate surface area is 194 Å². The first-order chi connectivity index (χ1) is 16.6. The largest absolute Gasteiger partial charge is 0.321 e. The molecule has 7 heteroatoms. The maximum atomic E-state index is 13.2. The molecule has 0 bridgehead atoms. The van der Waals surface area contributed by atoms with Gasteiger partial charge in [0, 0.05) is 23.3 Å². The summed E-state index contributed by atoms with van der Waals surface area (Å²) < 4.78 is 2.86. The van der Waals surface area contributed by atoms with E-state index in [1.165, 1.54) is 10.7 Å². The highest BCUT2D eigenvalue weighted by Crippen LogP contribution is 2.18. The topological polar surface area (TPSA) is 86.0 Å². The predicted octanol–water partition coefficient (Wildman–Crippen LogP) is 3.85. The van der Waals surface area contributed by atoms with Gasteiger partial charge in [-0.1, -0.05) is 54.6 Å². The summed E-state index contributed by atoms with van der Waals surface area (Å²) in [5, 5.41) is 8.17. The summed E-state index contributed by atoms with van der Waals surface area (Å²) in [5.74, 6) is -0.423. The van der Waals surface area contributed by atoms with E-state index in [0.29, 0.717) is 28.7 Å². The number of aromatic nitrogens is 3. The van der Waals surface area contributed by atoms with Crippen molar-refractivity contribution in [3.8, 4) is 5.69 Å². The van der Waals surface area contributed by atoms with Crippen LogP contribution in [0.2, 0.25) is 0 Å². The van der Waals surface area contributed by atoms with Gasteiger partial charge in [0.05, 0.1) is 17.6 Å². The first kappa shape index (κ1) is 21.1. The molecular weight excluding hydrogens is 428 g/mol. The van der Waals surface area contributed by atoms with Gasteiger partial charge in [-0.05, 0) is 42.0 Å². The SMILES string of the molecule is O=C(Nc1ccc(Cn2ccccc2=O)cc1)c1nn(-c2ccccc2)c(=O)c2ccccc12. The number of rotatable bonds is 5. The molecule has 5 rings (SSSR count). The molecule has 2 aromatic heterocycles. The molecule has 166 valence electrons. The van der Waals surface area contributed by atoms with Gasteiger partial charge in [0.15, 0.2) is 5.69 Å². The molecule has 0 aliphatic rings. The number of carbonyl (C=O) groups excluding carboxylic acids is 1. The molecule has 0 unspecified atom stereocenters. The molecule has 0 aliphatic heterocycles. The molecule has 3 aromatic carbocycles. The number of amides is 1. The van der Waals surface area contributed by atoms with Crippen LogP contribution in [0.1, 0.15) is 16.1 Å². The zero-order chi connectivity index (χ0) is 23.5. The van der Waals surface area contributed by atoms with Gasteiger partial charge in [0.2, 0.25) is 0 Å². The summed E-state index contributed by atoms with van der Waals surface area (Å²) in [5.41, 5.74) is 1.86. The van der Waals surface area contributed by atoms with Crippen molar-refractivity contribution in [2.75, 3.05) is 5.32 Å². The maximum absolute atomic E-state index is 13.2. The van der Waals surface area contributed by atoms with Crippen molar-refractivity contribution >= 4 is 22.4 Å². The highest BCUT2D eigenvalue weighted by atomic mass is 16.2. The highest BCUT2D eigenvalue weighted by molar-refractivity contribution is 6.11. The number of para-hydroxylation sites is 1. The lowest BCUT2D eigenvalue weighted by atomic mass is 10.1. The fourth-order valence-electron chi connectivity index (χ4n) is 3.77. The van der Waals surface area contributed by atoms with Gasteiger partial charge in [-0.2, -0.15) is 9.78 Å². The van der Waals surface area contributed by atoms with E-state index in [9.17, 15) is 14.4 Å². The zero-order valence-corrected chi connectivity index (χ0v) is 18.1. The Morgan fingerprint density at radius 2 is 1.44 bits per heavy atom. The van der Waals surface area contributed by atoms with E-state index in [1.807, 2.05) is 36.4 Å². The lowest BCUT2D eigenvalue weighted by Crippen LogP contribution is -2.26. The third-order valence-electron chi connectivity index (χ3n) is 5.48. The van der Waals surface area contributed by atoms with Crippen LogP contribution in [0.4, 0.5) is 5.69 Å². The van der Waals surface area contributed by atoms with Crippen LogP contribution in [-0.2, 0) is 6.54 Å². The molecule has 0 aliphatic carbocycles. The predicted molar refractivity (Wildman–Crippen MR) is 132 cm³/mol. The van der Waals surface area contributed by atoms with E-state index < -0.39 is 5.91 Å².